The number of terminal acetylenes is 1. The van der Waals surface area contributed by atoms with Crippen LogP contribution in [0, 0.1) is 18.3 Å². The SMILES string of the molecule is C#C.C/C=C1/c2cc(C(=O)O)ccc2OCc2ncccc21.CCNCC[C@H](c1ccc(Cl)cc1)C(C)(C)C. The van der Waals surface area contributed by atoms with Gasteiger partial charge in [0.25, 0.3) is 0 Å². The molecule has 6 heteroatoms. The zero-order chi connectivity index (χ0) is 29.0. The lowest BCUT2D eigenvalue weighted by Gasteiger charge is -2.31. The van der Waals surface area contributed by atoms with Crippen LogP contribution in [0.4, 0.5) is 0 Å². The van der Waals surface area contributed by atoms with E-state index in [2.05, 4.69) is 63.0 Å². The molecular formula is C33H39ClN2O3. The molecule has 206 valence electrons. The Balaban J connectivity index is 0.000000261. The minimum atomic E-state index is -0.945. The molecule has 0 saturated heterocycles. The Bertz CT molecular complexity index is 1270. The molecule has 3 aromatic rings. The maximum Gasteiger partial charge on any atom is 0.335 e. The number of aromatic nitrogens is 1. The molecule has 0 saturated carbocycles. The fourth-order valence-corrected chi connectivity index (χ4v) is 4.74. The van der Waals surface area contributed by atoms with Gasteiger partial charge in [-0.05, 0) is 85.3 Å². The van der Waals surface area contributed by atoms with Gasteiger partial charge in [-0.15, -0.1) is 12.8 Å². The van der Waals surface area contributed by atoms with E-state index in [0.717, 1.165) is 40.5 Å². The van der Waals surface area contributed by atoms with Crippen molar-refractivity contribution >= 4 is 23.1 Å². The number of hydrogen-bond donors (Lipinski definition) is 2. The number of fused-ring (bicyclic) bond motifs is 2. The van der Waals surface area contributed by atoms with E-state index in [0.29, 0.717) is 18.3 Å². The third-order valence-corrected chi connectivity index (χ3v) is 6.78. The molecule has 2 heterocycles. The van der Waals surface area contributed by atoms with E-state index in [4.69, 9.17) is 21.4 Å². The molecule has 5 nitrogen and oxygen atoms in total. The zero-order valence-corrected chi connectivity index (χ0v) is 24.3. The van der Waals surface area contributed by atoms with Crippen molar-refractivity contribution in [1.82, 2.24) is 10.3 Å². The third kappa shape index (κ3) is 8.71. The van der Waals surface area contributed by atoms with Gasteiger partial charge in [-0.1, -0.05) is 63.6 Å². The second kappa shape index (κ2) is 15.1. The summed E-state index contributed by atoms with van der Waals surface area (Å²) < 4.78 is 5.75. The first-order valence-corrected chi connectivity index (χ1v) is 13.4. The number of halogens is 1. The van der Waals surface area contributed by atoms with Gasteiger partial charge in [-0.25, -0.2) is 4.79 Å². The number of carboxylic acid groups (broad SMARTS) is 1. The van der Waals surface area contributed by atoms with Crippen LogP contribution in [0.5, 0.6) is 5.75 Å². The maximum absolute atomic E-state index is 11.1. The fraction of sp³-hybridized carbons (Fsp3) is 0.333. The lowest BCUT2D eigenvalue weighted by atomic mass is 9.74. The first-order chi connectivity index (χ1) is 18.7. The van der Waals surface area contributed by atoms with E-state index >= 15 is 0 Å². The number of nitrogens with one attached hydrogen (secondary N) is 1. The normalized spacial score (nSPS) is 13.7. The highest BCUT2D eigenvalue weighted by atomic mass is 35.5. The standard InChI is InChI=1S/C16H13NO3.C15H24ClN.C2H2/c1-2-11-12-4-3-7-17-14(12)9-20-15-6-5-10(16(18)19)8-13(11)15;1-5-17-11-10-14(15(2,3)4)12-6-8-13(16)9-7-12;1-2/h2-8H,9H2,1H3,(H,18,19);6-9,14,17H,5,10-11H2,1-4H3;1-2H/b11-2+;;/t;14-;/m.1./s1. The Morgan fingerprint density at radius 3 is 2.44 bits per heavy atom. The first-order valence-electron chi connectivity index (χ1n) is 13.1. The Morgan fingerprint density at radius 1 is 1.15 bits per heavy atom. The molecule has 1 atom stereocenters. The Kier molecular flexibility index (Phi) is 12.3. The smallest absolute Gasteiger partial charge is 0.335 e. The van der Waals surface area contributed by atoms with E-state index in [-0.39, 0.29) is 11.0 Å². The van der Waals surface area contributed by atoms with Gasteiger partial charge in [-0.3, -0.25) is 4.98 Å². The number of aromatic carboxylic acids is 1. The van der Waals surface area contributed by atoms with Gasteiger partial charge in [0, 0.05) is 22.3 Å². The van der Waals surface area contributed by atoms with E-state index in [9.17, 15) is 4.79 Å². The van der Waals surface area contributed by atoms with Gasteiger partial charge < -0.3 is 15.2 Å². The average Bonchev–Trinajstić information content (AvgIpc) is 3.08. The topological polar surface area (TPSA) is 71.5 Å². The molecule has 1 aromatic heterocycles. The summed E-state index contributed by atoms with van der Waals surface area (Å²) in [6, 6.07) is 17.0. The zero-order valence-electron chi connectivity index (χ0n) is 23.5. The van der Waals surface area contributed by atoms with Crippen LogP contribution in [0.15, 0.2) is 66.9 Å². The number of rotatable bonds is 6. The van der Waals surface area contributed by atoms with Crippen LogP contribution in [0.3, 0.4) is 0 Å². The summed E-state index contributed by atoms with van der Waals surface area (Å²) in [5.74, 6) is 0.304. The average molecular weight is 547 g/mol. The molecule has 0 amide bonds. The number of ether oxygens (including phenoxy) is 1. The van der Waals surface area contributed by atoms with Crippen LogP contribution in [-0.4, -0.2) is 29.1 Å². The van der Waals surface area contributed by atoms with Crippen LogP contribution < -0.4 is 10.1 Å². The van der Waals surface area contributed by atoms with E-state index < -0.39 is 5.97 Å². The van der Waals surface area contributed by atoms with Gasteiger partial charge in [0.05, 0.1) is 11.3 Å². The van der Waals surface area contributed by atoms with Crippen molar-refractivity contribution in [3.05, 3.63) is 99.8 Å². The largest absolute Gasteiger partial charge is 0.487 e. The minimum Gasteiger partial charge on any atom is -0.487 e. The number of benzene rings is 2. The molecule has 0 radical (unpaired) electrons. The van der Waals surface area contributed by atoms with Crippen molar-refractivity contribution in [3.8, 4) is 18.6 Å². The third-order valence-electron chi connectivity index (χ3n) is 6.53. The summed E-state index contributed by atoms with van der Waals surface area (Å²) in [5, 5.41) is 13.4. The first kappa shape index (κ1) is 31.6. The molecule has 0 spiro atoms. The number of carbonyl (C=O) groups is 1. The van der Waals surface area contributed by atoms with Crippen molar-refractivity contribution in [2.75, 3.05) is 13.1 Å². The van der Waals surface area contributed by atoms with E-state index in [1.54, 1.807) is 24.4 Å². The number of allylic oxidation sites excluding steroid dienone is 1. The second-order valence-electron chi connectivity index (χ2n) is 10.1. The summed E-state index contributed by atoms with van der Waals surface area (Å²) in [7, 11) is 0. The van der Waals surface area contributed by atoms with Crippen LogP contribution >= 0.6 is 11.6 Å². The van der Waals surface area contributed by atoms with Gasteiger partial charge >= 0.3 is 5.97 Å². The van der Waals surface area contributed by atoms with E-state index in [1.165, 1.54) is 12.0 Å². The van der Waals surface area contributed by atoms with Crippen LogP contribution in [0.2, 0.25) is 5.02 Å². The Labute approximate surface area is 238 Å². The van der Waals surface area contributed by atoms with Crippen molar-refractivity contribution in [2.45, 2.75) is 53.6 Å². The highest BCUT2D eigenvalue weighted by Crippen LogP contribution is 2.38. The number of pyridine rings is 1. The van der Waals surface area contributed by atoms with Gasteiger partial charge in [-0.2, -0.15) is 0 Å². The summed E-state index contributed by atoms with van der Waals surface area (Å²) in [5.41, 5.74) is 5.50. The number of nitrogens with zero attached hydrogens (tertiary/aromatic N) is 1. The number of hydrogen-bond acceptors (Lipinski definition) is 4. The highest BCUT2D eigenvalue weighted by Gasteiger charge is 2.25. The quantitative estimate of drug-likeness (QED) is 0.243. The van der Waals surface area contributed by atoms with Crippen LogP contribution in [0.25, 0.3) is 5.57 Å². The van der Waals surface area contributed by atoms with Gasteiger partial charge in [0.2, 0.25) is 0 Å². The lowest BCUT2D eigenvalue weighted by molar-refractivity contribution is 0.0696. The summed E-state index contributed by atoms with van der Waals surface area (Å²) >= 11 is 5.95. The number of carboxylic acids is 1. The molecule has 2 N–H and O–H groups in total. The Hall–Kier alpha value is -3.59. The molecule has 0 aliphatic carbocycles. The van der Waals surface area contributed by atoms with Gasteiger partial charge in [0.1, 0.15) is 12.4 Å². The maximum atomic E-state index is 11.1. The van der Waals surface area contributed by atoms with Crippen LogP contribution in [0.1, 0.15) is 79.7 Å². The van der Waals surface area contributed by atoms with Crippen molar-refractivity contribution in [3.63, 3.8) is 0 Å². The molecule has 39 heavy (non-hydrogen) atoms. The summed E-state index contributed by atoms with van der Waals surface area (Å²) in [6.45, 7) is 13.5. The van der Waals surface area contributed by atoms with Crippen molar-refractivity contribution in [1.29, 1.82) is 0 Å². The van der Waals surface area contributed by atoms with Crippen molar-refractivity contribution < 1.29 is 14.6 Å². The molecule has 1 aliphatic rings. The van der Waals surface area contributed by atoms with Crippen LogP contribution in [-0.2, 0) is 6.61 Å². The molecule has 0 unspecified atom stereocenters. The fourth-order valence-electron chi connectivity index (χ4n) is 4.62. The van der Waals surface area contributed by atoms with Crippen molar-refractivity contribution in [2.24, 2.45) is 5.41 Å². The highest BCUT2D eigenvalue weighted by molar-refractivity contribution is 6.30. The Morgan fingerprint density at radius 2 is 1.85 bits per heavy atom. The van der Waals surface area contributed by atoms with Gasteiger partial charge in [0.15, 0.2) is 0 Å². The molecule has 0 fully saturated rings. The monoisotopic (exact) mass is 546 g/mol. The molecule has 1 aliphatic heterocycles. The lowest BCUT2D eigenvalue weighted by Crippen LogP contribution is -2.24. The summed E-state index contributed by atoms with van der Waals surface area (Å²) in [4.78, 5) is 15.5. The molecule has 2 aromatic carbocycles. The predicted molar refractivity (Wildman–Crippen MR) is 161 cm³/mol. The predicted octanol–water partition coefficient (Wildman–Crippen LogP) is 7.84. The molecule has 0 bridgehead atoms. The molecule has 4 rings (SSSR count). The molecular weight excluding hydrogens is 508 g/mol. The minimum absolute atomic E-state index is 0.249. The summed E-state index contributed by atoms with van der Waals surface area (Å²) in [6.07, 6.45) is 12.9. The van der Waals surface area contributed by atoms with E-state index in [1.807, 2.05) is 37.3 Å². The second-order valence-corrected chi connectivity index (χ2v) is 10.6.